The Labute approximate surface area is 186 Å². The van der Waals surface area contributed by atoms with E-state index in [1.54, 1.807) is 6.21 Å². The van der Waals surface area contributed by atoms with Crippen LogP contribution in [0.4, 0.5) is 0 Å². The Morgan fingerprint density at radius 3 is 2.48 bits per heavy atom. The number of aromatic hydroxyl groups is 1. The first-order valence-corrected chi connectivity index (χ1v) is 12.0. The van der Waals surface area contributed by atoms with Gasteiger partial charge in [0.2, 0.25) is 0 Å². The second kappa shape index (κ2) is 7.78. The van der Waals surface area contributed by atoms with E-state index in [1.165, 1.54) is 30.4 Å². The number of phenolic OH excluding ortho intramolecular Hbond substituents is 1. The average molecular weight is 418 g/mol. The molecule has 3 aliphatic carbocycles. The molecule has 0 aromatic heterocycles. The van der Waals surface area contributed by atoms with Gasteiger partial charge in [-0.05, 0) is 85.0 Å². The highest BCUT2D eigenvalue weighted by Gasteiger charge is 2.46. The van der Waals surface area contributed by atoms with Crippen molar-refractivity contribution in [1.29, 1.82) is 0 Å². The fourth-order valence-electron chi connectivity index (χ4n) is 7.24. The lowest BCUT2D eigenvalue weighted by Crippen LogP contribution is -2.42. The standard InChI is InChI=1S/C28H35NO2/c1-17-10-22(16-29-26-23-7-5-4-6-21(23)12-25(26)30)27(31)24(11-17)28-13-18(2)8-20(15-28)9-19(3)14-28/h4-7,10-11,16,18-20,25-26,30-31H,8-9,12-15H2,1-3H3/t18?,19?,20?,25-,26+,28?/m0/s1. The summed E-state index contributed by atoms with van der Waals surface area (Å²) in [6.45, 7) is 6.88. The Balaban J connectivity index is 1.52. The van der Waals surface area contributed by atoms with Crippen LogP contribution in [0.2, 0.25) is 0 Å². The summed E-state index contributed by atoms with van der Waals surface area (Å²) in [6.07, 6.45) is 8.12. The number of fused-ring (bicyclic) bond motifs is 3. The molecule has 2 bridgehead atoms. The highest BCUT2D eigenvalue weighted by atomic mass is 16.3. The minimum absolute atomic E-state index is 0.0815. The van der Waals surface area contributed by atoms with Crippen LogP contribution in [0, 0.1) is 24.7 Å². The van der Waals surface area contributed by atoms with Gasteiger partial charge >= 0.3 is 0 Å². The molecule has 3 nitrogen and oxygen atoms in total. The normalized spacial score (nSPS) is 34.8. The quantitative estimate of drug-likeness (QED) is 0.613. The molecular formula is C28H35NO2. The molecule has 164 valence electrons. The first kappa shape index (κ1) is 20.8. The molecule has 0 aliphatic heterocycles. The molecule has 4 atom stereocenters. The van der Waals surface area contributed by atoms with Crippen molar-refractivity contribution in [1.82, 2.24) is 0 Å². The fourth-order valence-corrected chi connectivity index (χ4v) is 7.24. The van der Waals surface area contributed by atoms with Crippen LogP contribution in [0.15, 0.2) is 41.4 Å². The van der Waals surface area contributed by atoms with Crippen molar-refractivity contribution in [3.63, 3.8) is 0 Å². The zero-order valence-electron chi connectivity index (χ0n) is 19.0. The molecule has 2 aromatic rings. The zero-order chi connectivity index (χ0) is 21.8. The fraction of sp³-hybridized carbons (Fsp3) is 0.536. The van der Waals surface area contributed by atoms with Crippen LogP contribution in [-0.4, -0.2) is 22.5 Å². The van der Waals surface area contributed by atoms with Crippen molar-refractivity contribution < 1.29 is 10.2 Å². The molecule has 5 rings (SSSR count). The average Bonchev–Trinajstić information content (AvgIpc) is 3.02. The van der Waals surface area contributed by atoms with E-state index in [0.717, 1.165) is 35.4 Å². The van der Waals surface area contributed by atoms with Gasteiger partial charge < -0.3 is 10.2 Å². The molecule has 0 amide bonds. The van der Waals surface area contributed by atoms with Crippen LogP contribution >= 0.6 is 0 Å². The Morgan fingerprint density at radius 2 is 1.74 bits per heavy atom. The lowest BCUT2D eigenvalue weighted by molar-refractivity contribution is 0.0763. The molecule has 0 saturated heterocycles. The van der Waals surface area contributed by atoms with Gasteiger partial charge in [0, 0.05) is 23.8 Å². The molecule has 2 unspecified atom stereocenters. The maximum atomic E-state index is 11.4. The van der Waals surface area contributed by atoms with E-state index in [2.05, 4.69) is 39.0 Å². The monoisotopic (exact) mass is 417 g/mol. The van der Waals surface area contributed by atoms with E-state index in [0.29, 0.717) is 24.0 Å². The van der Waals surface area contributed by atoms with Gasteiger partial charge in [-0.2, -0.15) is 0 Å². The van der Waals surface area contributed by atoms with E-state index in [1.807, 2.05) is 18.2 Å². The molecule has 0 spiro atoms. The Bertz CT molecular complexity index is 991. The first-order valence-electron chi connectivity index (χ1n) is 12.0. The third-order valence-electron chi connectivity index (χ3n) is 8.03. The van der Waals surface area contributed by atoms with Gasteiger partial charge in [-0.1, -0.05) is 44.2 Å². The largest absolute Gasteiger partial charge is 0.507 e. The molecule has 31 heavy (non-hydrogen) atoms. The van der Waals surface area contributed by atoms with Crippen LogP contribution in [0.5, 0.6) is 5.75 Å². The van der Waals surface area contributed by atoms with E-state index >= 15 is 0 Å². The van der Waals surface area contributed by atoms with E-state index in [9.17, 15) is 10.2 Å². The predicted octanol–water partition coefficient (Wildman–Crippen LogP) is 5.88. The third kappa shape index (κ3) is 3.71. The number of aryl methyl sites for hydroxylation is 1. The second-order valence-corrected chi connectivity index (χ2v) is 10.9. The Hall–Kier alpha value is -2.13. The van der Waals surface area contributed by atoms with Crippen LogP contribution < -0.4 is 0 Å². The van der Waals surface area contributed by atoms with E-state index < -0.39 is 6.10 Å². The van der Waals surface area contributed by atoms with Crippen LogP contribution in [0.1, 0.15) is 79.8 Å². The predicted molar refractivity (Wildman–Crippen MR) is 126 cm³/mol. The molecule has 0 radical (unpaired) electrons. The maximum absolute atomic E-state index is 11.4. The molecule has 2 aromatic carbocycles. The smallest absolute Gasteiger partial charge is 0.128 e. The van der Waals surface area contributed by atoms with Crippen molar-refractivity contribution in [2.24, 2.45) is 22.7 Å². The molecule has 2 saturated carbocycles. The van der Waals surface area contributed by atoms with Gasteiger partial charge in [-0.25, -0.2) is 0 Å². The highest BCUT2D eigenvalue weighted by molar-refractivity contribution is 5.85. The minimum atomic E-state index is -0.502. The lowest BCUT2D eigenvalue weighted by atomic mass is 9.54. The number of aliphatic imine (C=N–C) groups is 1. The molecule has 3 aliphatic rings. The number of hydrogen-bond acceptors (Lipinski definition) is 3. The second-order valence-electron chi connectivity index (χ2n) is 10.9. The van der Waals surface area contributed by atoms with E-state index in [-0.39, 0.29) is 11.5 Å². The molecule has 2 N–H and O–H groups in total. The number of hydrogen-bond donors (Lipinski definition) is 2. The minimum Gasteiger partial charge on any atom is -0.507 e. The SMILES string of the molecule is Cc1cc(C=N[C@@H]2c3ccccc3C[C@@H]2O)c(O)c(C23CC(C)CC(CC(C)C2)C3)c1. The van der Waals surface area contributed by atoms with Crippen LogP contribution in [0.3, 0.4) is 0 Å². The number of rotatable bonds is 3. The van der Waals surface area contributed by atoms with Crippen molar-refractivity contribution in [3.05, 3.63) is 64.2 Å². The summed E-state index contributed by atoms with van der Waals surface area (Å²) >= 11 is 0. The van der Waals surface area contributed by atoms with Gasteiger partial charge in [0.25, 0.3) is 0 Å². The Morgan fingerprint density at radius 1 is 1.03 bits per heavy atom. The molecule has 3 heteroatoms. The highest BCUT2D eigenvalue weighted by Crippen LogP contribution is 2.56. The number of aliphatic hydroxyl groups is 1. The maximum Gasteiger partial charge on any atom is 0.128 e. The van der Waals surface area contributed by atoms with E-state index in [4.69, 9.17) is 4.99 Å². The first-order chi connectivity index (χ1) is 14.8. The van der Waals surface area contributed by atoms with Gasteiger partial charge in [-0.3, -0.25) is 4.99 Å². The third-order valence-corrected chi connectivity index (χ3v) is 8.03. The summed E-state index contributed by atoms with van der Waals surface area (Å²) in [5.41, 5.74) is 5.44. The number of benzene rings is 2. The zero-order valence-corrected chi connectivity index (χ0v) is 19.0. The van der Waals surface area contributed by atoms with Crippen molar-refractivity contribution in [2.45, 2.75) is 76.9 Å². The van der Waals surface area contributed by atoms with Gasteiger partial charge in [0.05, 0.1) is 6.10 Å². The number of aliphatic hydroxyl groups excluding tert-OH is 1. The van der Waals surface area contributed by atoms with Gasteiger partial charge in [0.15, 0.2) is 0 Å². The Kier molecular flexibility index (Phi) is 5.21. The summed E-state index contributed by atoms with van der Waals surface area (Å²) < 4.78 is 0. The summed E-state index contributed by atoms with van der Waals surface area (Å²) in [6, 6.07) is 12.1. The van der Waals surface area contributed by atoms with Gasteiger partial charge in [-0.15, -0.1) is 0 Å². The lowest BCUT2D eigenvalue weighted by Gasteiger charge is -2.50. The summed E-state index contributed by atoms with van der Waals surface area (Å²) in [4.78, 5) is 4.78. The molecule has 2 fully saturated rings. The molecular weight excluding hydrogens is 382 g/mol. The number of phenols is 1. The van der Waals surface area contributed by atoms with Crippen molar-refractivity contribution in [3.8, 4) is 5.75 Å². The summed E-state index contributed by atoms with van der Waals surface area (Å²) in [7, 11) is 0. The topological polar surface area (TPSA) is 52.8 Å². The number of nitrogens with zero attached hydrogens (tertiary/aromatic N) is 1. The van der Waals surface area contributed by atoms with Crippen molar-refractivity contribution in [2.75, 3.05) is 0 Å². The molecule has 0 heterocycles. The van der Waals surface area contributed by atoms with Crippen LogP contribution in [-0.2, 0) is 11.8 Å². The van der Waals surface area contributed by atoms with Gasteiger partial charge in [0.1, 0.15) is 11.8 Å². The van der Waals surface area contributed by atoms with Crippen LogP contribution in [0.25, 0.3) is 0 Å². The summed E-state index contributed by atoms with van der Waals surface area (Å²) in [5, 5.41) is 22.0. The summed E-state index contributed by atoms with van der Waals surface area (Å²) in [5.74, 6) is 2.58. The van der Waals surface area contributed by atoms with Crippen molar-refractivity contribution >= 4 is 6.21 Å².